The number of esters is 1. The Hall–Kier alpha value is -0.810. The third-order valence-electron chi connectivity index (χ3n) is 1.59. The SMILES string of the molecule is CCOC(=O)CSc1nc(C)cc(C)n1.Cl. The van der Waals surface area contributed by atoms with E-state index in [2.05, 4.69) is 9.97 Å². The van der Waals surface area contributed by atoms with E-state index in [1.54, 1.807) is 6.92 Å². The van der Waals surface area contributed by atoms with Crippen molar-refractivity contribution in [3.63, 3.8) is 0 Å². The van der Waals surface area contributed by atoms with Crippen LogP contribution in [0.25, 0.3) is 0 Å². The van der Waals surface area contributed by atoms with Gasteiger partial charge in [-0.2, -0.15) is 0 Å². The summed E-state index contributed by atoms with van der Waals surface area (Å²) in [6.07, 6.45) is 0. The Labute approximate surface area is 106 Å². The Morgan fingerprint density at radius 1 is 1.38 bits per heavy atom. The van der Waals surface area contributed by atoms with Crippen molar-refractivity contribution in [1.29, 1.82) is 0 Å². The minimum atomic E-state index is -0.231. The van der Waals surface area contributed by atoms with Crippen molar-refractivity contribution >= 4 is 30.1 Å². The molecule has 90 valence electrons. The second-order valence-electron chi connectivity index (χ2n) is 3.03. The van der Waals surface area contributed by atoms with E-state index in [1.807, 2.05) is 19.9 Å². The first kappa shape index (κ1) is 15.2. The van der Waals surface area contributed by atoms with Gasteiger partial charge in [-0.3, -0.25) is 4.79 Å². The number of rotatable bonds is 4. The number of ether oxygens (including phenoxy) is 1. The van der Waals surface area contributed by atoms with Gasteiger partial charge in [-0.05, 0) is 26.8 Å². The fourth-order valence-corrected chi connectivity index (χ4v) is 1.83. The average molecular weight is 263 g/mol. The molecule has 6 heteroatoms. The summed E-state index contributed by atoms with van der Waals surface area (Å²) in [6.45, 7) is 6.01. The zero-order chi connectivity index (χ0) is 11.3. The van der Waals surface area contributed by atoms with Crippen LogP contribution < -0.4 is 0 Å². The summed E-state index contributed by atoms with van der Waals surface area (Å²) >= 11 is 1.30. The highest BCUT2D eigenvalue weighted by Gasteiger charge is 2.05. The quantitative estimate of drug-likeness (QED) is 0.473. The molecule has 0 spiro atoms. The Balaban J connectivity index is 0.00000225. The first-order chi connectivity index (χ1) is 7.11. The van der Waals surface area contributed by atoms with Gasteiger partial charge in [0.05, 0.1) is 12.4 Å². The number of thioether (sulfide) groups is 1. The number of hydrogen-bond donors (Lipinski definition) is 0. The molecule has 0 atom stereocenters. The standard InChI is InChI=1S/C10H14N2O2S.ClH/c1-4-14-9(13)6-15-10-11-7(2)5-8(3)12-10;/h5H,4,6H2,1-3H3;1H. The zero-order valence-corrected chi connectivity index (χ0v) is 11.2. The van der Waals surface area contributed by atoms with Gasteiger partial charge < -0.3 is 4.74 Å². The minimum Gasteiger partial charge on any atom is -0.465 e. The Morgan fingerprint density at radius 2 is 1.94 bits per heavy atom. The van der Waals surface area contributed by atoms with Crippen LogP contribution in [-0.2, 0) is 9.53 Å². The van der Waals surface area contributed by atoms with Crippen molar-refractivity contribution in [2.24, 2.45) is 0 Å². The van der Waals surface area contributed by atoms with Crippen molar-refractivity contribution in [3.05, 3.63) is 17.5 Å². The summed E-state index contributed by atoms with van der Waals surface area (Å²) in [5.74, 6) is 0.0294. The molecule has 0 saturated heterocycles. The van der Waals surface area contributed by atoms with Gasteiger partial charge in [0.15, 0.2) is 5.16 Å². The van der Waals surface area contributed by atoms with E-state index in [0.29, 0.717) is 11.8 Å². The first-order valence-corrected chi connectivity index (χ1v) is 5.71. The van der Waals surface area contributed by atoms with E-state index in [0.717, 1.165) is 11.4 Å². The molecule has 0 N–H and O–H groups in total. The number of halogens is 1. The van der Waals surface area contributed by atoms with Gasteiger partial charge in [-0.15, -0.1) is 12.4 Å². The lowest BCUT2D eigenvalue weighted by Gasteiger charge is -2.02. The van der Waals surface area contributed by atoms with Crippen LogP contribution >= 0.6 is 24.2 Å². The summed E-state index contributed by atoms with van der Waals surface area (Å²) in [5.41, 5.74) is 1.82. The number of aryl methyl sites for hydroxylation is 2. The van der Waals surface area contributed by atoms with Crippen LogP contribution in [0.2, 0.25) is 0 Å². The molecule has 0 saturated carbocycles. The van der Waals surface area contributed by atoms with Gasteiger partial charge in [0.2, 0.25) is 0 Å². The molecule has 0 fully saturated rings. The van der Waals surface area contributed by atoms with Gasteiger partial charge in [-0.25, -0.2) is 9.97 Å². The molecular weight excluding hydrogens is 248 g/mol. The molecule has 0 aromatic carbocycles. The monoisotopic (exact) mass is 262 g/mol. The van der Waals surface area contributed by atoms with Crippen LogP contribution in [0, 0.1) is 13.8 Å². The number of aromatic nitrogens is 2. The van der Waals surface area contributed by atoms with E-state index in [9.17, 15) is 4.79 Å². The molecule has 0 amide bonds. The predicted molar refractivity (Wildman–Crippen MR) is 66.1 cm³/mol. The smallest absolute Gasteiger partial charge is 0.316 e. The maximum Gasteiger partial charge on any atom is 0.316 e. The molecule has 16 heavy (non-hydrogen) atoms. The molecule has 0 aliphatic carbocycles. The van der Waals surface area contributed by atoms with Crippen molar-refractivity contribution in [3.8, 4) is 0 Å². The number of nitrogens with zero attached hydrogens (tertiary/aromatic N) is 2. The Bertz CT molecular complexity index is 340. The number of carbonyl (C=O) groups is 1. The number of carbonyl (C=O) groups excluding carboxylic acids is 1. The average Bonchev–Trinajstić information content (AvgIpc) is 2.14. The fraction of sp³-hybridized carbons (Fsp3) is 0.500. The maximum atomic E-state index is 11.1. The molecule has 0 unspecified atom stereocenters. The second-order valence-corrected chi connectivity index (χ2v) is 3.97. The third-order valence-corrected chi connectivity index (χ3v) is 2.41. The first-order valence-electron chi connectivity index (χ1n) is 4.72. The van der Waals surface area contributed by atoms with E-state index >= 15 is 0 Å². The molecule has 1 heterocycles. The van der Waals surface area contributed by atoms with Crippen LogP contribution in [0.3, 0.4) is 0 Å². The van der Waals surface area contributed by atoms with Crippen LogP contribution in [0.15, 0.2) is 11.2 Å². The van der Waals surface area contributed by atoms with E-state index in [4.69, 9.17) is 4.74 Å². The topological polar surface area (TPSA) is 52.1 Å². The van der Waals surface area contributed by atoms with E-state index < -0.39 is 0 Å². The number of hydrogen-bond acceptors (Lipinski definition) is 5. The fourth-order valence-electron chi connectivity index (χ4n) is 1.08. The summed E-state index contributed by atoms with van der Waals surface area (Å²) in [6, 6.07) is 1.90. The van der Waals surface area contributed by atoms with Gasteiger partial charge in [0, 0.05) is 11.4 Å². The minimum absolute atomic E-state index is 0. The summed E-state index contributed by atoms with van der Waals surface area (Å²) in [7, 11) is 0. The highest BCUT2D eigenvalue weighted by molar-refractivity contribution is 7.99. The van der Waals surface area contributed by atoms with Gasteiger partial charge in [-0.1, -0.05) is 11.8 Å². The predicted octanol–water partition coefficient (Wildman–Crippen LogP) is 2.17. The molecule has 0 aliphatic heterocycles. The molecule has 0 bridgehead atoms. The molecule has 0 radical (unpaired) electrons. The van der Waals surface area contributed by atoms with Gasteiger partial charge in [0.1, 0.15) is 0 Å². The van der Waals surface area contributed by atoms with Crippen molar-refractivity contribution < 1.29 is 9.53 Å². The summed E-state index contributed by atoms with van der Waals surface area (Å²) < 4.78 is 4.81. The lowest BCUT2D eigenvalue weighted by atomic mass is 10.4. The molecule has 1 aromatic heterocycles. The summed E-state index contributed by atoms with van der Waals surface area (Å²) in [4.78, 5) is 19.5. The largest absolute Gasteiger partial charge is 0.465 e. The second kappa shape index (κ2) is 7.46. The zero-order valence-electron chi connectivity index (χ0n) is 9.52. The molecular formula is C10H15ClN2O2S. The van der Waals surface area contributed by atoms with E-state index in [-0.39, 0.29) is 24.1 Å². The Kier molecular flexibility index (Phi) is 7.08. The molecule has 0 aliphatic rings. The highest BCUT2D eigenvalue weighted by atomic mass is 35.5. The third kappa shape index (κ3) is 5.32. The molecule has 1 rings (SSSR count). The maximum absolute atomic E-state index is 11.1. The van der Waals surface area contributed by atoms with Crippen LogP contribution in [0.4, 0.5) is 0 Å². The van der Waals surface area contributed by atoms with Crippen molar-refractivity contribution in [2.75, 3.05) is 12.4 Å². The van der Waals surface area contributed by atoms with Gasteiger partial charge in [0.25, 0.3) is 0 Å². The van der Waals surface area contributed by atoms with Crippen LogP contribution in [0.1, 0.15) is 18.3 Å². The lowest BCUT2D eigenvalue weighted by molar-refractivity contribution is -0.139. The van der Waals surface area contributed by atoms with Crippen LogP contribution in [-0.4, -0.2) is 28.3 Å². The van der Waals surface area contributed by atoms with Crippen LogP contribution in [0.5, 0.6) is 0 Å². The van der Waals surface area contributed by atoms with E-state index in [1.165, 1.54) is 11.8 Å². The lowest BCUT2D eigenvalue weighted by Crippen LogP contribution is -2.07. The van der Waals surface area contributed by atoms with Crippen molar-refractivity contribution in [2.45, 2.75) is 25.9 Å². The molecule has 1 aromatic rings. The molecule has 4 nitrogen and oxygen atoms in total. The normalized spacial score (nSPS) is 9.44. The Morgan fingerprint density at radius 3 is 2.44 bits per heavy atom. The summed E-state index contributed by atoms with van der Waals surface area (Å²) in [5, 5.41) is 0.626. The van der Waals surface area contributed by atoms with Crippen molar-refractivity contribution in [1.82, 2.24) is 9.97 Å². The highest BCUT2D eigenvalue weighted by Crippen LogP contribution is 2.13. The van der Waals surface area contributed by atoms with Gasteiger partial charge >= 0.3 is 5.97 Å².